The van der Waals surface area contributed by atoms with Gasteiger partial charge in [0, 0.05) is 43.5 Å². The van der Waals surface area contributed by atoms with Crippen LogP contribution in [0.5, 0.6) is 0 Å². The number of nitrogens with one attached hydrogen (secondary N) is 3. The van der Waals surface area contributed by atoms with Crippen molar-refractivity contribution in [2.24, 2.45) is 5.92 Å². The number of rotatable bonds is 20. The molecule has 0 radical (unpaired) electrons. The average Bonchev–Trinajstić information content (AvgIpc) is 3.82. The van der Waals surface area contributed by atoms with Crippen molar-refractivity contribution in [2.45, 2.75) is 83.5 Å². The predicted octanol–water partition coefficient (Wildman–Crippen LogP) is 7.50. The fourth-order valence-electron chi connectivity index (χ4n) is 5.62. The highest BCUT2D eigenvalue weighted by Gasteiger charge is 2.26. The minimum absolute atomic E-state index is 0.0382. The molecule has 50 heavy (non-hydrogen) atoms. The van der Waals surface area contributed by atoms with Crippen LogP contribution >= 0.6 is 34.5 Å². The van der Waals surface area contributed by atoms with Crippen LogP contribution in [-0.2, 0) is 35.5 Å². The number of alkyl carbamates (subject to hydrolysis) is 1. The first-order chi connectivity index (χ1) is 24.2. The maximum absolute atomic E-state index is 13.9. The second-order valence-corrected chi connectivity index (χ2v) is 14.9. The summed E-state index contributed by atoms with van der Waals surface area (Å²) in [4.78, 5) is 53.8. The smallest absolute Gasteiger partial charge is 0.407 e. The zero-order valence-electron chi connectivity index (χ0n) is 28.8. The quantitative estimate of drug-likeness (QED) is 0.0802. The molecule has 10 nitrogen and oxygen atoms in total. The molecule has 0 fully saturated rings. The molecule has 2 aromatic heterocycles. The van der Waals surface area contributed by atoms with Crippen LogP contribution in [0.25, 0.3) is 0 Å². The van der Waals surface area contributed by atoms with Gasteiger partial charge < -0.3 is 20.3 Å². The highest BCUT2D eigenvalue weighted by atomic mass is 35.5. The average molecular weight is 739 g/mol. The Kier molecular flexibility index (Phi) is 16.2. The molecular weight excluding hydrogens is 692 g/mol. The van der Waals surface area contributed by atoms with Crippen molar-refractivity contribution in [3.05, 3.63) is 104 Å². The Balaban J connectivity index is 1.43. The van der Waals surface area contributed by atoms with Crippen molar-refractivity contribution >= 4 is 52.4 Å². The number of ketones is 1. The number of nitrogens with zero attached hydrogens (tertiary/aromatic N) is 3. The topological polar surface area (TPSA) is 126 Å². The molecule has 3 atom stereocenters. The Morgan fingerprint density at radius 2 is 1.62 bits per heavy atom. The second kappa shape index (κ2) is 20.7. The van der Waals surface area contributed by atoms with Crippen molar-refractivity contribution in [1.82, 2.24) is 30.3 Å². The number of halogens is 1. The van der Waals surface area contributed by atoms with Crippen LogP contribution in [-0.4, -0.2) is 58.5 Å². The van der Waals surface area contributed by atoms with Crippen molar-refractivity contribution < 1.29 is 19.1 Å². The number of carbonyl (C=O) groups is 3. The van der Waals surface area contributed by atoms with Crippen LogP contribution in [0.2, 0.25) is 0 Å². The summed E-state index contributed by atoms with van der Waals surface area (Å²) >= 11 is 8.81. The summed E-state index contributed by atoms with van der Waals surface area (Å²) in [6, 6.07) is 18.8. The van der Waals surface area contributed by atoms with Crippen molar-refractivity contribution in [3.63, 3.8) is 0 Å². The molecule has 13 heteroatoms. The van der Waals surface area contributed by atoms with Crippen LogP contribution < -0.4 is 15.5 Å². The summed E-state index contributed by atoms with van der Waals surface area (Å²) in [7, 11) is 1.70. The molecule has 4 aromatic rings. The molecule has 0 saturated heterocycles. The first kappa shape index (κ1) is 39.0. The minimum Gasteiger partial charge on any atom is -0.444 e. The van der Waals surface area contributed by atoms with Gasteiger partial charge in [0.05, 0.1) is 33.7 Å². The normalized spacial score (nSPS) is 13.0. The number of hydrogen-bond acceptors (Lipinski definition) is 9. The van der Waals surface area contributed by atoms with Gasteiger partial charge in [0.15, 0.2) is 5.78 Å². The summed E-state index contributed by atoms with van der Waals surface area (Å²) in [6.07, 6.45) is 4.39. The van der Waals surface area contributed by atoms with E-state index in [4.69, 9.17) is 16.5 Å². The fourth-order valence-corrected chi connectivity index (χ4v) is 7.06. The van der Waals surface area contributed by atoms with Gasteiger partial charge in [-0.05, 0) is 60.9 Å². The molecule has 2 aromatic carbocycles. The Morgan fingerprint density at radius 1 is 0.920 bits per heavy atom. The molecule has 0 bridgehead atoms. The van der Waals surface area contributed by atoms with Gasteiger partial charge in [-0.1, -0.05) is 74.5 Å². The van der Waals surface area contributed by atoms with Crippen LogP contribution in [0.15, 0.2) is 77.8 Å². The molecule has 3 N–H and O–H groups in total. The number of hydrogen-bond donors (Lipinski definition) is 3. The maximum atomic E-state index is 13.9. The monoisotopic (exact) mass is 738 g/mol. The number of amides is 3. The van der Waals surface area contributed by atoms with E-state index in [9.17, 15) is 14.4 Å². The zero-order valence-corrected chi connectivity index (χ0v) is 31.2. The number of urea groups is 1. The van der Waals surface area contributed by atoms with Gasteiger partial charge in [-0.2, -0.15) is 0 Å². The highest BCUT2D eigenvalue weighted by molar-refractivity contribution is 7.09. The van der Waals surface area contributed by atoms with E-state index < -0.39 is 12.1 Å². The lowest BCUT2D eigenvalue weighted by Gasteiger charge is -2.26. The van der Waals surface area contributed by atoms with Gasteiger partial charge >= 0.3 is 12.1 Å². The van der Waals surface area contributed by atoms with Gasteiger partial charge in [-0.3, -0.25) is 9.78 Å². The van der Waals surface area contributed by atoms with E-state index in [-0.39, 0.29) is 36.8 Å². The second-order valence-electron chi connectivity index (χ2n) is 12.7. The van der Waals surface area contributed by atoms with Crippen molar-refractivity contribution in [2.75, 3.05) is 13.6 Å². The number of carbonyl (C=O) groups excluding carboxylic acids is 3. The minimum atomic E-state index is -0.726. The molecule has 268 valence electrons. The molecule has 0 spiro atoms. The Hall–Kier alpha value is -3.84. The third-order valence-electron chi connectivity index (χ3n) is 8.28. The molecular formula is C37H47ClN6O4S2. The van der Waals surface area contributed by atoms with Gasteiger partial charge in [0.25, 0.3) is 0 Å². The van der Waals surface area contributed by atoms with Gasteiger partial charge in [0.2, 0.25) is 0 Å². The van der Waals surface area contributed by atoms with E-state index in [2.05, 4.69) is 51.4 Å². The summed E-state index contributed by atoms with van der Waals surface area (Å²) < 4.78 is 5.50. The van der Waals surface area contributed by atoms with Crippen LogP contribution in [0.4, 0.5) is 9.59 Å². The molecule has 0 saturated carbocycles. The lowest BCUT2D eigenvalue weighted by atomic mass is 9.86. The van der Waals surface area contributed by atoms with Gasteiger partial charge in [0.1, 0.15) is 6.61 Å². The Labute approximate surface area is 308 Å². The molecule has 0 aliphatic heterocycles. The van der Waals surface area contributed by atoms with Crippen molar-refractivity contribution in [3.8, 4) is 0 Å². The van der Waals surface area contributed by atoms with E-state index in [0.29, 0.717) is 51.1 Å². The lowest BCUT2D eigenvalue weighted by molar-refractivity contribution is -0.122. The third kappa shape index (κ3) is 13.5. The fraction of sp³-hybridized carbons (Fsp3) is 0.432. The third-order valence-corrected chi connectivity index (χ3v) is 10.4. The standard InChI is InChI=1S/C37H47ClN6O4S2/c1-26(2)35-41-31(24-49-35)22-44(3)36(46)43-33(16-17-40-38)34(45)20-29(18-27-10-6-4-7-11-27)14-15-30(19-28-12-8-5-9-13-28)42-37(47)48-23-32-21-39-25-50-32/h4-13,21,24-26,29-30,33,40H,14-20,22-23H2,1-3H3,(H,42,47)(H,43,46)/t29-,30-,33-/m0/s1. The van der Waals surface area contributed by atoms with Gasteiger partial charge in [-0.15, -0.1) is 22.7 Å². The van der Waals surface area contributed by atoms with E-state index >= 15 is 0 Å². The Morgan fingerprint density at radius 3 is 2.24 bits per heavy atom. The number of ether oxygens (including phenoxy) is 1. The number of Topliss-reactive ketones (excluding diaryl/α,β-unsaturated/α-hetero) is 1. The zero-order chi connectivity index (χ0) is 35.7. The molecule has 0 unspecified atom stereocenters. The first-order valence-corrected chi connectivity index (χ1v) is 19.0. The summed E-state index contributed by atoms with van der Waals surface area (Å²) in [5.74, 6) is 0.213. The van der Waals surface area contributed by atoms with E-state index in [1.165, 1.54) is 11.3 Å². The molecule has 0 aliphatic carbocycles. The molecule has 4 rings (SSSR count). The van der Waals surface area contributed by atoms with E-state index in [0.717, 1.165) is 26.7 Å². The first-order valence-electron chi connectivity index (χ1n) is 16.9. The van der Waals surface area contributed by atoms with Crippen molar-refractivity contribution in [1.29, 1.82) is 0 Å². The number of thiazole rings is 2. The van der Waals surface area contributed by atoms with Gasteiger partial charge in [-0.25, -0.2) is 19.4 Å². The number of aromatic nitrogens is 2. The summed E-state index contributed by atoms with van der Waals surface area (Å²) in [5, 5.41) is 9.01. The summed E-state index contributed by atoms with van der Waals surface area (Å²) in [6.45, 7) is 5.02. The maximum Gasteiger partial charge on any atom is 0.407 e. The highest BCUT2D eigenvalue weighted by Crippen LogP contribution is 2.23. The van der Waals surface area contributed by atoms with E-state index in [1.807, 2.05) is 53.9 Å². The SMILES string of the molecule is CC(C)c1nc(CN(C)C(=O)N[C@@H](CCNCl)C(=O)C[C@@H](CC[C@@H](Cc2ccccc2)NC(=O)OCc2cncs2)Cc2ccccc2)cs1. The summed E-state index contributed by atoms with van der Waals surface area (Å²) in [5.41, 5.74) is 4.73. The largest absolute Gasteiger partial charge is 0.444 e. The lowest BCUT2D eigenvalue weighted by Crippen LogP contribution is -2.47. The van der Waals surface area contributed by atoms with Crippen LogP contribution in [0.1, 0.15) is 72.2 Å². The predicted molar refractivity (Wildman–Crippen MR) is 200 cm³/mol. The van der Waals surface area contributed by atoms with E-state index in [1.54, 1.807) is 35.0 Å². The molecule has 0 aliphatic rings. The van der Waals surface area contributed by atoms with Crippen LogP contribution in [0.3, 0.4) is 0 Å². The molecule has 2 heterocycles. The Bertz CT molecular complexity index is 1590. The molecule has 3 amide bonds. The van der Waals surface area contributed by atoms with Crippen LogP contribution in [0, 0.1) is 5.92 Å². The number of benzene rings is 2.